The first-order valence-electron chi connectivity index (χ1n) is 5.85. The van der Waals surface area contributed by atoms with Crippen LogP contribution in [-0.2, 0) is 16.1 Å². The molecule has 0 unspecified atom stereocenters. The minimum atomic E-state index is -1.15. The van der Waals surface area contributed by atoms with Gasteiger partial charge in [0.2, 0.25) is 5.91 Å². The van der Waals surface area contributed by atoms with Gasteiger partial charge in [-0.15, -0.1) is 0 Å². The van der Waals surface area contributed by atoms with E-state index in [1.54, 1.807) is 18.2 Å². The van der Waals surface area contributed by atoms with E-state index in [0.717, 1.165) is 5.56 Å². The second kappa shape index (κ2) is 7.14. The van der Waals surface area contributed by atoms with Crippen LogP contribution < -0.4 is 40.0 Å². The Bertz CT molecular complexity index is 532. The van der Waals surface area contributed by atoms with Crippen LogP contribution in [0.3, 0.4) is 0 Å². The molecule has 1 aromatic rings. The zero-order valence-corrected chi connectivity index (χ0v) is 14.6. The van der Waals surface area contributed by atoms with Gasteiger partial charge in [-0.1, -0.05) is 29.3 Å². The smallest absolute Gasteiger partial charge is 0.550 e. The molecule has 0 aliphatic heterocycles. The zero-order valence-electron chi connectivity index (χ0n) is 11.0. The Balaban J connectivity index is 0.00000200. The van der Waals surface area contributed by atoms with E-state index in [0.29, 0.717) is 22.9 Å². The fraction of sp³-hybridized carbons (Fsp3) is 0.385. The molecule has 7 heteroatoms. The van der Waals surface area contributed by atoms with Gasteiger partial charge in [0, 0.05) is 34.4 Å². The third kappa shape index (κ3) is 4.37. The summed E-state index contributed by atoms with van der Waals surface area (Å²) in [6.45, 7) is 0.248. The van der Waals surface area contributed by atoms with Gasteiger partial charge in [-0.3, -0.25) is 4.79 Å². The van der Waals surface area contributed by atoms with Crippen LogP contribution in [-0.4, -0.2) is 11.9 Å². The predicted octanol–water partition coefficient (Wildman–Crippen LogP) is -1.47. The number of amides is 1. The maximum Gasteiger partial charge on any atom is 1.00 e. The molecule has 1 fully saturated rings. The molecule has 1 aliphatic carbocycles. The summed E-state index contributed by atoms with van der Waals surface area (Å²) in [6, 6.07) is 4.99. The monoisotopic (exact) mass is 323 g/mol. The summed E-state index contributed by atoms with van der Waals surface area (Å²) < 4.78 is 0. The number of carbonyl (C=O) groups excluding carboxylic acids is 2. The number of carboxylic acid groups (broad SMARTS) is 1. The molecular formula is C13H12Cl2NNaO3. The van der Waals surface area contributed by atoms with E-state index in [1.165, 1.54) is 0 Å². The van der Waals surface area contributed by atoms with Crippen molar-refractivity contribution < 1.29 is 44.3 Å². The first kappa shape index (κ1) is 17.8. The van der Waals surface area contributed by atoms with Crippen LogP contribution in [0.25, 0.3) is 0 Å². The van der Waals surface area contributed by atoms with Gasteiger partial charge in [0.15, 0.2) is 0 Å². The number of benzene rings is 1. The predicted molar refractivity (Wildman–Crippen MR) is 69.6 cm³/mol. The summed E-state index contributed by atoms with van der Waals surface area (Å²) >= 11 is 11.7. The average molecular weight is 324 g/mol. The summed E-state index contributed by atoms with van der Waals surface area (Å²) in [5.74, 6) is -1.46. The summed E-state index contributed by atoms with van der Waals surface area (Å²) in [4.78, 5) is 22.5. The maximum atomic E-state index is 11.7. The van der Waals surface area contributed by atoms with Crippen LogP contribution >= 0.6 is 23.2 Å². The largest absolute Gasteiger partial charge is 1.00 e. The molecule has 0 saturated heterocycles. The van der Waals surface area contributed by atoms with E-state index in [9.17, 15) is 14.7 Å². The molecule has 0 heterocycles. The Morgan fingerprint density at radius 3 is 2.45 bits per heavy atom. The van der Waals surface area contributed by atoms with Gasteiger partial charge in [-0.05, 0) is 30.5 Å². The second-order valence-corrected chi connectivity index (χ2v) is 5.60. The van der Waals surface area contributed by atoms with Gasteiger partial charge in [0.25, 0.3) is 0 Å². The van der Waals surface area contributed by atoms with E-state index in [4.69, 9.17) is 23.2 Å². The number of carboxylic acids is 1. The molecule has 0 aromatic heterocycles. The number of hydrogen-bond acceptors (Lipinski definition) is 3. The van der Waals surface area contributed by atoms with E-state index in [2.05, 4.69) is 5.32 Å². The average Bonchev–Trinajstić information content (AvgIpc) is 3.09. The molecule has 1 saturated carbocycles. The van der Waals surface area contributed by atoms with Crippen molar-refractivity contribution in [2.45, 2.75) is 25.8 Å². The van der Waals surface area contributed by atoms with Gasteiger partial charge < -0.3 is 15.2 Å². The van der Waals surface area contributed by atoms with Gasteiger partial charge in [-0.2, -0.15) is 0 Å². The van der Waals surface area contributed by atoms with Gasteiger partial charge >= 0.3 is 29.6 Å². The van der Waals surface area contributed by atoms with Crippen molar-refractivity contribution in [1.29, 1.82) is 0 Å². The van der Waals surface area contributed by atoms with Crippen LogP contribution in [0.1, 0.15) is 24.8 Å². The Hall–Kier alpha value is -0.260. The minimum Gasteiger partial charge on any atom is -0.550 e. The van der Waals surface area contributed by atoms with Crippen LogP contribution in [0.2, 0.25) is 10.0 Å². The third-order valence-corrected chi connectivity index (χ3v) is 3.86. The van der Waals surface area contributed by atoms with Gasteiger partial charge in [0.05, 0.1) is 0 Å². The van der Waals surface area contributed by atoms with E-state index < -0.39 is 11.4 Å². The van der Waals surface area contributed by atoms with Crippen molar-refractivity contribution in [2.75, 3.05) is 0 Å². The summed E-state index contributed by atoms with van der Waals surface area (Å²) in [6.07, 6.45) is 0.968. The fourth-order valence-electron chi connectivity index (χ4n) is 1.83. The molecule has 102 valence electrons. The number of aliphatic carboxylic acids is 1. The zero-order chi connectivity index (χ0) is 14.0. The van der Waals surface area contributed by atoms with Gasteiger partial charge in [-0.25, -0.2) is 0 Å². The standard InChI is InChI=1S/C13H13Cl2NO3.Na/c14-9-2-1-8(10(15)5-9)7-16-11(17)6-13(3-4-13)12(18)19;/h1-2,5H,3-4,6-7H2,(H,16,17)(H,18,19);/q;+1/p-1. The molecule has 1 aromatic carbocycles. The van der Waals surface area contributed by atoms with Crippen LogP contribution in [0, 0.1) is 5.41 Å². The molecule has 0 radical (unpaired) electrons. The number of nitrogens with one attached hydrogen (secondary N) is 1. The molecule has 1 aliphatic rings. The second-order valence-electron chi connectivity index (χ2n) is 4.76. The van der Waals surface area contributed by atoms with E-state index in [-0.39, 0.29) is 48.4 Å². The van der Waals surface area contributed by atoms with Crippen molar-refractivity contribution in [3.8, 4) is 0 Å². The first-order valence-corrected chi connectivity index (χ1v) is 6.61. The molecule has 0 spiro atoms. The van der Waals surface area contributed by atoms with Crippen molar-refractivity contribution in [2.24, 2.45) is 5.41 Å². The number of carbonyl (C=O) groups is 2. The Morgan fingerprint density at radius 1 is 1.30 bits per heavy atom. The number of halogens is 2. The fourth-order valence-corrected chi connectivity index (χ4v) is 2.31. The van der Waals surface area contributed by atoms with Crippen molar-refractivity contribution in [3.63, 3.8) is 0 Å². The Labute approximate surface area is 149 Å². The summed E-state index contributed by atoms with van der Waals surface area (Å²) in [5, 5.41) is 14.5. The van der Waals surface area contributed by atoms with E-state index >= 15 is 0 Å². The normalized spacial score (nSPS) is 15.1. The molecule has 2 rings (SSSR count). The number of rotatable bonds is 5. The molecule has 1 N–H and O–H groups in total. The van der Waals surface area contributed by atoms with Crippen molar-refractivity contribution in [3.05, 3.63) is 33.8 Å². The summed E-state index contributed by atoms with van der Waals surface area (Å²) in [7, 11) is 0. The molecule has 0 bridgehead atoms. The molecule has 4 nitrogen and oxygen atoms in total. The van der Waals surface area contributed by atoms with Crippen molar-refractivity contribution >= 4 is 35.1 Å². The molecule has 1 amide bonds. The first-order chi connectivity index (χ1) is 8.93. The van der Waals surface area contributed by atoms with Gasteiger partial charge in [0.1, 0.15) is 0 Å². The molecule has 20 heavy (non-hydrogen) atoms. The minimum absolute atomic E-state index is 0. The Kier molecular flexibility index (Phi) is 6.35. The quantitative estimate of drug-likeness (QED) is 0.673. The maximum absolute atomic E-state index is 11.7. The Morgan fingerprint density at radius 2 is 1.95 bits per heavy atom. The van der Waals surface area contributed by atoms with Crippen molar-refractivity contribution in [1.82, 2.24) is 5.32 Å². The third-order valence-electron chi connectivity index (χ3n) is 3.28. The molecular weight excluding hydrogens is 312 g/mol. The summed E-state index contributed by atoms with van der Waals surface area (Å²) in [5.41, 5.74) is -0.217. The van der Waals surface area contributed by atoms with Crippen LogP contribution in [0.5, 0.6) is 0 Å². The topological polar surface area (TPSA) is 69.2 Å². The SMILES string of the molecule is O=C(CC1(C(=O)[O-])CC1)NCc1ccc(Cl)cc1Cl.[Na+]. The van der Waals surface area contributed by atoms with E-state index in [1.807, 2.05) is 0 Å². The van der Waals surface area contributed by atoms with Crippen LogP contribution in [0.4, 0.5) is 0 Å². The molecule has 0 atom stereocenters. The number of hydrogen-bond donors (Lipinski definition) is 1. The van der Waals surface area contributed by atoms with Crippen LogP contribution in [0.15, 0.2) is 18.2 Å².